The standard InChI is InChI=1S/C12H14N2O3/c1-8(2)7-13-12(15)10-5-4-9(3)11(6-10)14(16)17/h4-6H,1,7H2,2-3H3,(H,13,15). The first kappa shape index (κ1) is 12.9. The molecule has 1 N–H and O–H groups in total. The van der Waals surface area contributed by atoms with Crippen molar-refractivity contribution in [3.8, 4) is 0 Å². The molecule has 90 valence electrons. The minimum atomic E-state index is -0.495. The Bertz CT molecular complexity index is 481. The molecule has 1 amide bonds. The van der Waals surface area contributed by atoms with E-state index in [2.05, 4.69) is 11.9 Å². The zero-order valence-electron chi connectivity index (χ0n) is 9.82. The molecule has 1 aromatic rings. The number of nitrogens with zero attached hydrogens (tertiary/aromatic N) is 1. The number of carbonyl (C=O) groups excluding carboxylic acids is 1. The number of nitrogens with one attached hydrogen (secondary N) is 1. The van der Waals surface area contributed by atoms with Gasteiger partial charge in [0, 0.05) is 23.7 Å². The maximum atomic E-state index is 11.7. The Balaban J connectivity index is 2.92. The molecule has 5 nitrogen and oxygen atoms in total. The molecule has 0 aliphatic carbocycles. The number of nitro groups is 1. The number of benzene rings is 1. The highest BCUT2D eigenvalue weighted by Gasteiger charge is 2.14. The number of carbonyl (C=O) groups is 1. The summed E-state index contributed by atoms with van der Waals surface area (Å²) in [6.07, 6.45) is 0. The first-order valence-electron chi connectivity index (χ1n) is 5.09. The molecular formula is C12H14N2O3. The number of hydrogen-bond donors (Lipinski definition) is 1. The van der Waals surface area contributed by atoms with Gasteiger partial charge in [0.1, 0.15) is 0 Å². The van der Waals surface area contributed by atoms with Crippen LogP contribution in [0.15, 0.2) is 30.4 Å². The van der Waals surface area contributed by atoms with Gasteiger partial charge in [0.2, 0.25) is 0 Å². The van der Waals surface area contributed by atoms with E-state index in [-0.39, 0.29) is 17.2 Å². The average Bonchev–Trinajstić information content (AvgIpc) is 2.26. The zero-order chi connectivity index (χ0) is 13.0. The van der Waals surface area contributed by atoms with Crippen LogP contribution in [0.25, 0.3) is 0 Å². The van der Waals surface area contributed by atoms with Crippen LogP contribution >= 0.6 is 0 Å². The third-order valence-electron chi connectivity index (χ3n) is 2.22. The number of nitro benzene ring substituents is 1. The molecule has 0 aliphatic rings. The van der Waals surface area contributed by atoms with Crippen molar-refractivity contribution in [3.05, 3.63) is 51.6 Å². The lowest BCUT2D eigenvalue weighted by Gasteiger charge is -2.05. The highest BCUT2D eigenvalue weighted by molar-refractivity contribution is 5.95. The summed E-state index contributed by atoms with van der Waals surface area (Å²) < 4.78 is 0. The predicted molar refractivity (Wildman–Crippen MR) is 65.0 cm³/mol. The quantitative estimate of drug-likeness (QED) is 0.493. The van der Waals surface area contributed by atoms with Crippen LogP contribution in [0.2, 0.25) is 0 Å². The lowest BCUT2D eigenvalue weighted by atomic mass is 10.1. The van der Waals surface area contributed by atoms with Crippen LogP contribution in [0.1, 0.15) is 22.8 Å². The normalized spacial score (nSPS) is 9.76. The third kappa shape index (κ3) is 3.41. The lowest BCUT2D eigenvalue weighted by molar-refractivity contribution is -0.385. The zero-order valence-corrected chi connectivity index (χ0v) is 9.82. The van der Waals surface area contributed by atoms with E-state index in [1.807, 2.05) is 0 Å². The molecule has 0 heterocycles. The van der Waals surface area contributed by atoms with Gasteiger partial charge in [-0.1, -0.05) is 18.2 Å². The fourth-order valence-corrected chi connectivity index (χ4v) is 1.28. The fourth-order valence-electron chi connectivity index (χ4n) is 1.28. The second-order valence-corrected chi connectivity index (χ2v) is 3.90. The molecule has 1 aromatic carbocycles. The predicted octanol–water partition coefficient (Wildman–Crippen LogP) is 2.21. The van der Waals surface area contributed by atoms with Crippen molar-refractivity contribution in [2.75, 3.05) is 6.54 Å². The van der Waals surface area contributed by atoms with Gasteiger partial charge in [-0.25, -0.2) is 0 Å². The van der Waals surface area contributed by atoms with E-state index in [1.165, 1.54) is 6.07 Å². The van der Waals surface area contributed by atoms with Crippen LogP contribution in [0, 0.1) is 17.0 Å². The van der Waals surface area contributed by atoms with Gasteiger partial charge in [-0.05, 0) is 19.9 Å². The summed E-state index contributed by atoms with van der Waals surface area (Å²) >= 11 is 0. The molecule has 0 unspecified atom stereocenters. The molecule has 5 heteroatoms. The molecule has 0 saturated heterocycles. The largest absolute Gasteiger partial charge is 0.348 e. The van der Waals surface area contributed by atoms with E-state index in [1.54, 1.807) is 26.0 Å². The molecule has 0 radical (unpaired) electrons. The highest BCUT2D eigenvalue weighted by Crippen LogP contribution is 2.19. The Morgan fingerprint density at radius 1 is 1.53 bits per heavy atom. The Labute approximate surface area is 99.3 Å². The molecule has 0 fully saturated rings. The molecule has 0 atom stereocenters. The Morgan fingerprint density at radius 2 is 2.18 bits per heavy atom. The van der Waals surface area contributed by atoms with Crippen LogP contribution in [0.3, 0.4) is 0 Å². The van der Waals surface area contributed by atoms with Crippen molar-refractivity contribution in [2.24, 2.45) is 0 Å². The molecule has 0 bridgehead atoms. The molecule has 0 spiro atoms. The highest BCUT2D eigenvalue weighted by atomic mass is 16.6. The maximum Gasteiger partial charge on any atom is 0.273 e. The SMILES string of the molecule is C=C(C)CNC(=O)c1ccc(C)c([N+](=O)[O-])c1. The average molecular weight is 234 g/mol. The topological polar surface area (TPSA) is 72.2 Å². The van der Waals surface area contributed by atoms with E-state index < -0.39 is 4.92 Å². The number of aryl methyl sites for hydroxylation is 1. The molecule has 0 aliphatic heterocycles. The molecular weight excluding hydrogens is 220 g/mol. The second-order valence-electron chi connectivity index (χ2n) is 3.90. The fraction of sp³-hybridized carbons (Fsp3) is 0.250. The summed E-state index contributed by atoms with van der Waals surface area (Å²) in [6, 6.07) is 4.41. The molecule has 0 aromatic heterocycles. The van der Waals surface area contributed by atoms with Crippen LogP contribution in [-0.2, 0) is 0 Å². The van der Waals surface area contributed by atoms with Gasteiger partial charge >= 0.3 is 0 Å². The Morgan fingerprint density at radius 3 is 2.71 bits per heavy atom. The second kappa shape index (κ2) is 5.25. The molecule has 1 rings (SSSR count). The monoisotopic (exact) mass is 234 g/mol. The lowest BCUT2D eigenvalue weighted by Crippen LogP contribution is -2.24. The van der Waals surface area contributed by atoms with Crippen molar-refractivity contribution in [1.82, 2.24) is 5.32 Å². The van der Waals surface area contributed by atoms with Gasteiger partial charge in [-0.3, -0.25) is 14.9 Å². The van der Waals surface area contributed by atoms with E-state index in [0.717, 1.165) is 5.57 Å². The Kier molecular flexibility index (Phi) is 3.98. The third-order valence-corrected chi connectivity index (χ3v) is 2.22. The van der Waals surface area contributed by atoms with Gasteiger partial charge in [-0.2, -0.15) is 0 Å². The summed E-state index contributed by atoms with van der Waals surface area (Å²) in [4.78, 5) is 21.9. The summed E-state index contributed by atoms with van der Waals surface area (Å²) in [5, 5.41) is 13.3. The van der Waals surface area contributed by atoms with Crippen molar-refractivity contribution >= 4 is 11.6 Å². The van der Waals surface area contributed by atoms with Crippen LogP contribution < -0.4 is 5.32 Å². The van der Waals surface area contributed by atoms with Gasteiger partial charge in [0.25, 0.3) is 11.6 Å². The smallest absolute Gasteiger partial charge is 0.273 e. The molecule has 0 saturated carbocycles. The molecule has 17 heavy (non-hydrogen) atoms. The van der Waals surface area contributed by atoms with E-state index >= 15 is 0 Å². The van der Waals surface area contributed by atoms with Crippen LogP contribution in [-0.4, -0.2) is 17.4 Å². The number of hydrogen-bond acceptors (Lipinski definition) is 3. The van der Waals surface area contributed by atoms with E-state index in [4.69, 9.17) is 0 Å². The van der Waals surface area contributed by atoms with Crippen molar-refractivity contribution < 1.29 is 9.72 Å². The summed E-state index contributed by atoms with van der Waals surface area (Å²) in [5.74, 6) is -0.337. The van der Waals surface area contributed by atoms with Crippen molar-refractivity contribution in [2.45, 2.75) is 13.8 Å². The first-order valence-corrected chi connectivity index (χ1v) is 5.09. The van der Waals surface area contributed by atoms with Crippen LogP contribution in [0.5, 0.6) is 0 Å². The van der Waals surface area contributed by atoms with Crippen LogP contribution in [0.4, 0.5) is 5.69 Å². The van der Waals surface area contributed by atoms with Gasteiger partial charge in [0.05, 0.1) is 4.92 Å². The summed E-state index contributed by atoms with van der Waals surface area (Å²) in [5.41, 5.74) is 1.59. The Hall–Kier alpha value is -2.17. The van der Waals surface area contributed by atoms with E-state index in [0.29, 0.717) is 12.1 Å². The first-order chi connectivity index (χ1) is 7.91. The van der Waals surface area contributed by atoms with Crippen molar-refractivity contribution in [1.29, 1.82) is 0 Å². The minimum absolute atomic E-state index is 0.0482. The summed E-state index contributed by atoms with van der Waals surface area (Å²) in [7, 11) is 0. The van der Waals surface area contributed by atoms with Gasteiger partial charge in [-0.15, -0.1) is 0 Å². The van der Waals surface area contributed by atoms with Gasteiger partial charge < -0.3 is 5.32 Å². The summed E-state index contributed by atoms with van der Waals surface area (Å²) in [6.45, 7) is 7.44. The van der Waals surface area contributed by atoms with Gasteiger partial charge in [0.15, 0.2) is 0 Å². The number of amides is 1. The van der Waals surface area contributed by atoms with Crippen molar-refractivity contribution in [3.63, 3.8) is 0 Å². The van der Waals surface area contributed by atoms with E-state index in [9.17, 15) is 14.9 Å². The maximum absolute atomic E-state index is 11.7. The number of rotatable bonds is 4. The minimum Gasteiger partial charge on any atom is -0.348 e.